The molecular weight excluding hydrogens is 603 g/mol. The fourth-order valence-electron chi connectivity index (χ4n) is 5.74. The fourth-order valence-corrected chi connectivity index (χ4v) is 6.01. The number of hydrogen-bond acceptors (Lipinski definition) is 8. The summed E-state index contributed by atoms with van der Waals surface area (Å²) in [6.07, 6.45) is 0.538. The van der Waals surface area contributed by atoms with E-state index in [0.29, 0.717) is 28.2 Å². The summed E-state index contributed by atoms with van der Waals surface area (Å²) in [5.41, 5.74) is 5.28. The Bertz CT molecular complexity index is 1710. The number of aryl methyl sites for hydroxylation is 1. The van der Waals surface area contributed by atoms with E-state index in [-0.39, 0.29) is 33.0 Å². The summed E-state index contributed by atoms with van der Waals surface area (Å²) in [6.45, 7) is 3.21. The van der Waals surface area contributed by atoms with Gasteiger partial charge in [-0.15, -0.1) is 5.53 Å². The Morgan fingerprint density at radius 3 is 2.55 bits per heavy atom. The van der Waals surface area contributed by atoms with Crippen LogP contribution in [0.1, 0.15) is 62.4 Å². The maximum Gasteiger partial charge on any atom is 0.395 e. The lowest BCUT2D eigenvalue weighted by atomic mass is 9.92. The molecule has 2 aliphatic carbocycles. The van der Waals surface area contributed by atoms with Gasteiger partial charge in [-0.25, -0.2) is 4.98 Å². The van der Waals surface area contributed by atoms with Crippen LogP contribution in [-0.2, 0) is 0 Å². The molecule has 44 heavy (non-hydrogen) atoms. The van der Waals surface area contributed by atoms with Gasteiger partial charge in [0.05, 0.1) is 38.8 Å². The molecule has 1 aliphatic heterocycles. The molecule has 3 heterocycles. The second-order valence-corrected chi connectivity index (χ2v) is 12.7. The number of hydrazine groups is 2. The zero-order chi connectivity index (χ0) is 31.6. The lowest BCUT2D eigenvalue weighted by Crippen LogP contribution is -2.47. The summed E-state index contributed by atoms with van der Waals surface area (Å²) < 4.78 is 71.1. The molecule has 232 valence electrons. The van der Waals surface area contributed by atoms with Crippen LogP contribution >= 0.6 is 11.6 Å². The van der Waals surface area contributed by atoms with E-state index in [1.165, 1.54) is 18.3 Å². The Morgan fingerprint density at radius 1 is 1.20 bits per heavy atom. The minimum atomic E-state index is -4.50. The standard InChI is InChI=1S/C30H30ClF5N8/c1-15-19(6-7-22(32)40-15)25(26-27(33)44(43-42-26)29(8-9-29)17-4-5-17)41-18-10-20-23(39-14-28(2,3)30(34,35)36)16(12-37)13-38-24(20)21(31)11-18/h6-7,10-11,13,17,25,41-43H,4-5,8-9,14H2,1-3H3,(H,38,39)/t25-/m0/s1. The summed E-state index contributed by atoms with van der Waals surface area (Å²) in [5, 5.41) is 17.8. The molecule has 6 rings (SSSR count). The Kier molecular flexibility index (Phi) is 7.28. The maximum atomic E-state index is 16.2. The quantitative estimate of drug-likeness (QED) is 0.112. The van der Waals surface area contributed by atoms with Crippen LogP contribution in [0.3, 0.4) is 0 Å². The molecular formula is C30H30ClF5N8. The number of nitriles is 1. The van der Waals surface area contributed by atoms with Crippen LogP contribution in [0.15, 0.2) is 42.1 Å². The zero-order valence-corrected chi connectivity index (χ0v) is 24.9. The van der Waals surface area contributed by atoms with Crippen molar-refractivity contribution in [1.82, 2.24) is 25.9 Å². The summed E-state index contributed by atoms with van der Waals surface area (Å²) in [4.78, 5) is 8.20. The normalized spacial score (nSPS) is 18.7. The second kappa shape index (κ2) is 10.6. The highest BCUT2D eigenvalue weighted by Gasteiger charge is 2.60. The van der Waals surface area contributed by atoms with Crippen LogP contribution in [0, 0.1) is 35.5 Å². The van der Waals surface area contributed by atoms with Crippen LogP contribution < -0.4 is 21.6 Å². The predicted molar refractivity (Wildman–Crippen MR) is 156 cm³/mol. The minimum absolute atomic E-state index is 0.0275. The van der Waals surface area contributed by atoms with Crippen LogP contribution in [0.25, 0.3) is 10.9 Å². The number of nitrogens with zero attached hydrogens (tertiary/aromatic N) is 4. The number of fused-ring (bicyclic) bond motifs is 1. The SMILES string of the molecule is Cc1nc(F)ccc1[C@H](Nc1cc(Cl)c2ncc(C#N)c(NCC(C)(C)C(F)(F)F)c2c1)C1=C(F)N(C2(C3CC3)CC2)NN1. The van der Waals surface area contributed by atoms with Gasteiger partial charge in [0, 0.05) is 35.1 Å². The van der Waals surface area contributed by atoms with Crippen LogP contribution in [0.2, 0.25) is 5.02 Å². The van der Waals surface area contributed by atoms with Crippen molar-refractivity contribution >= 4 is 33.9 Å². The van der Waals surface area contributed by atoms with Gasteiger partial charge >= 0.3 is 6.18 Å². The van der Waals surface area contributed by atoms with E-state index < -0.39 is 36.1 Å². The molecule has 2 fully saturated rings. The van der Waals surface area contributed by atoms with Gasteiger partial charge in [-0.1, -0.05) is 17.7 Å². The number of nitrogens with one attached hydrogen (secondary N) is 4. The van der Waals surface area contributed by atoms with E-state index in [1.807, 2.05) is 6.07 Å². The number of anilines is 2. The van der Waals surface area contributed by atoms with E-state index in [1.54, 1.807) is 24.1 Å². The van der Waals surface area contributed by atoms with Gasteiger partial charge < -0.3 is 16.1 Å². The largest absolute Gasteiger partial charge is 0.395 e. The van der Waals surface area contributed by atoms with E-state index >= 15 is 4.39 Å². The molecule has 0 amide bonds. The minimum Gasteiger partial charge on any atom is -0.382 e. The molecule has 0 saturated heterocycles. The predicted octanol–water partition coefficient (Wildman–Crippen LogP) is 7.16. The summed E-state index contributed by atoms with van der Waals surface area (Å²) >= 11 is 6.62. The Balaban J connectivity index is 1.42. The van der Waals surface area contributed by atoms with Gasteiger partial charge in [-0.2, -0.15) is 27.2 Å². The van der Waals surface area contributed by atoms with Crippen molar-refractivity contribution in [2.24, 2.45) is 11.3 Å². The summed E-state index contributed by atoms with van der Waals surface area (Å²) in [7, 11) is 0. The van der Waals surface area contributed by atoms with Crippen molar-refractivity contribution in [3.05, 3.63) is 69.9 Å². The number of pyridine rings is 2. The van der Waals surface area contributed by atoms with Crippen molar-refractivity contribution in [2.75, 3.05) is 17.2 Å². The van der Waals surface area contributed by atoms with Gasteiger partial charge in [0.2, 0.25) is 11.9 Å². The third-order valence-corrected chi connectivity index (χ3v) is 9.08. The molecule has 0 spiro atoms. The topological polar surface area (TPSA) is 101 Å². The molecule has 3 aliphatic rings. The molecule has 3 aromatic rings. The Morgan fingerprint density at radius 2 is 1.93 bits per heavy atom. The van der Waals surface area contributed by atoms with Crippen LogP contribution in [-0.4, -0.2) is 33.2 Å². The lowest BCUT2D eigenvalue weighted by molar-refractivity contribution is -0.206. The van der Waals surface area contributed by atoms with Gasteiger partial charge in [0.15, 0.2) is 0 Å². The average molecular weight is 633 g/mol. The number of hydrogen-bond donors (Lipinski definition) is 4. The number of aromatic nitrogens is 2. The van der Waals surface area contributed by atoms with Crippen molar-refractivity contribution < 1.29 is 22.0 Å². The highest BCUT2D eigenvalue weighted by Crippen LogP contribution is 2.59. The number of benzene rings is 1. The molecule has 2 aromatic heterocycles. The molecule has 8 nitrogen and oxygen atoms in total. The van der Waals surface area contributed by atoms with Crippen molar-refractivity contribution in [2.45, 2.75) is 64.2 Å². The fraction of sp³-hybridized carbons (Fsp3) is 0.433. The number of alkyl halides is 3. The van der Waals surface area contributed by atoms with E-state index in [9.17, 15) is 22.8 Å². The smallest absolute Gasteiger partial charge is 0.382 e. The zero-order valence-electron chi connectivity index (χ0n) is 24.1. The maximum absolute atomic E-state index is 16.2. The monoisotopic (exact) mass is 632 g/mol. The third kappa shape index (κ3) is 5.24. The molecule has 2 saturated carbocycles. The highest BCUT2D eigenvalue weighted by atomic mass is 35.5. The Labute approximate surface area is 255 Å². The van der Waals surface area contributed by atoms with Gasteiger partial charge in [0.1, 0.15) is 11.8 Å². The van der Waals surface area contributed by atoms with Crippen molar-refractivity contribution in [3.63, 3.8) is 0 Å². The van der Waals surface area contributed by atoms with Gasteiger partial charge in [-0.3, -0.25) is 9.99 Å². The van der Waals surface area contributed by atoms with Gasteiger partial charge in [-0.05, 0) is 70.6 Å². The van der Waals surface area contributed by atoms with Gasteiger partial charge in [0.25, 0.3) is 0 Å². The lowest BCUT2D eigenvalue weighted by Gasteiger charge is -2.29. The molecule has 14 heteroatoms. The van der Waals surface area contributed by atoms with Crippen LogP contribution in [0.5, 0.6) is 0 Å². The molecule has 0 unspecified atom stereocenters. The first-order valence-electron chi connectivity index (χ1n) is 14.2. The summed E-state index contributed by atoms with van der Waals surface area (Å²) in [5.74, 6) is -0.796. The number of halogens is 6. The number of rotatable bonds is 9. The first-order valence-corrected chi connectivity index (χ1v) is 14.6. The highest BCUT2D eigenvalue weighted by molar-refractivity contribution is 6.35. The molecule has 4 N–H and O–H groups in total. The first-order chi connectivity index (χ1) is 20.8. The van der Waals surface area contributed by atoms with Crippen molar-refractivity contribution in [3.8, 4) is 6.07 Å². The molecule has 1 atom stereocenters. The van der Waals surface area contributed by atoms with Crippen molar-refractivity contribution in [1.29, 1.82) is 5.26 Å². The first kappa shape index (κ1) is 30.1. The molecule has 0 radical (unpaired) electrons. The molecule has 1 aromatic carbocycles. The van der Waals surface area contributed by atoms with E-state index in [2.05, 4.69) is 31.6 Å². The van der Waals surface area contributed by atoms with E-state index in [4.69, 9.17) is 11.6 Å². The Hall–Kier alpha value is -3.89. The average Bonchev–Trinajstić information content (AvgIpc) is 3.88. The van der Waals surface area contributed by atoms with Crippen LogP contribution in [0.4, 0.5) is 33.3 Å². The summed E-state index contributed by atoms with van der Waals surface area (Å²) in [6, 6.07) is 6.90. The van der Waals surface area contributed by atoms with E-state index in [0.717, 1.165) is 39.5 Å². The second-order valence-electron chi connectivity index (χ2n) is 12.3. The molecule has 0 bridgehead atoms. The third-order valence-electron chi connectivity index (χ3n) is 8.79.